The van der Waals surface area contributed by atoms with Crippen molar-refractivity contribution in [2.75, 3.05) is 11.1 Å². The molecule has 162 valence electrons. The van der Waals surface area contributed by atoms with E-state index in [1.54, 1.807) is 12.4 Å². The zero-order chi connectivity index (χ0) is 22.5. The van der Waals surface area contributed by atoms with Gasteiger partial charge in [0.25, 0.3) is 0 Å². The van der Waals surface area contributed by atoms with Crippen molar-refractivity contribution in [1.29, 1.82) is 0 Å². The first-order chi connectivity index (χ1) is 16.3. The van der Waals surface area contributed by atoms with Gasteiger partial charge in [0.2, 0.25) is 5.91 Å². The molecule has 0 aliphatic rings. The number of hydrogen-bond donors (Lipinski definition) is 1. The Bertz CT molecular complexity index is 1350. The predicted molar refractivity (Wildman–Crippen MR) is 131 cm³/mol. The molecule has 3 aromatic heterocycles. The van der Waals surface area contributed by atoms with Crippen molar-refractivity contribution in [2.45, 2.75) is 5.16 Å². The summed E-state index contributed by atoms with van der Waals surface area (Å²) in [6.07, 6.45) is 3.44. The highest BCUT2D eigenvalue weighted by Crippen LogP contribution is 2.28. The minimum Gasteiger partial charge on any atom is -0.301 e. The molecular formula is C24H18N6OS2. The van der Waals surface area contributed by atoms with Crippen molar-refractivity contribution < 1.29 is 4.79 Å². The number of rotatable bonds is 7. The quantitative estimate of drug-likeness (QED) is 0.330. The number of hydrogen-bond acceptors (Lipinski definition) is 7. The first-order valence-corrected chi connectivity index (χ1v) is 12.0. The van der Waals surface area contributed by atoms with Crippen LogP contribution in [0.15, 0.2) is 95.7 Å². The van der Waals surface area contributed by atoms with Gasteiger partial charge in [-0.15, -0.1) is 21.5 Å². The summed E-state index contributed by atoms with van der Waals surface area (Å²) < 4.78 is 1.95. The van der Waals surface area contributed by atoms with Gasteiger partial charge in [0.15, 0.2) is 16.1 Å². The lowest BCUT2D eigenvalue weighted by atomic mass is 10.2. The SMILES string of the molecule is O=C(CSc1nnc(-c2ccncc2)n1-c1ccccc1)Nc1nc(-c2ccccc2)cs1. The first-order valence-electron chi connectivity index (χ1n) is 10.1. The van der Waals surface area contributed by atoms with Crippen molar-refractivity contribution in [1.82, 2.24) is 24.7 Å². The molecule has 0 saturated carbocycles. The van der Waals surface area contributed by atoms with E-state index in [0.29, 0.717) is 16.1 Å². The molecule has 1 amide bonds. The molecule has 5 aromatic rings. The second kappa shape index (κ2) is 9.76. The van der Waals surface area contributed by atoms with E-state index in [9.17, 15) is 4.79 Å². The standard InChI is InChI=1S/C24H18N6OS2/c31-21(27-23-26-20(15-32-23)17-7-3-1-4-8-17)16-33-24-29-28-22(18-11-13-25-14-12-18)30(24)19-9-5-2-6-10-19/h1-15H,16H2,(H,26,27,31). The number of nitrogens with one attached hydrogen (secondary N) is 1. The largest absolute Gasteiger partial charge is 0.301 e. The molecule has 2 aromatic carbocycles. The highest BCUT2D eigenvalue weighted by molar-refractivity contribution is 7.99. The van der Waals surface area contributed by atoms with E-state index in [0.717, 1.165) is 22.5 Å². The molecule has 0 radical (unpaired) electrons. The Balaban J connectivity index is 1.32. The Hall–Kier alpha value is -3.82. The van der Waals surface area contributed by atoms with Crippen LogP contribution < -0.4 is 5.32 Å². The number of anilines is 1. The van der Waals surface area contributed by atoms with Crippen molar-refractivity contribution in [3.8, 4) is 28.3 Å². The number of thiazole rings is 1. The molecule has 0 unspecified atom stereocenters. The van der Waals surface area contributed by atoms with Crippen LogP contribution >= 0.6 is 23.1 Å². The Morgan fingerprint density at radius 3 is 2.39 bits per heavy atom. The van der Waals surface area contributed by atoms with Crippen molar-refractivity contribution in [2.24, 2.45) is 0 Å². The number of carbonyl (C=O) groups excluding carboxylic acids is 1. The van der Waals surface area contributed by atoms with E-state index in [2.05, 4.69) is 25.5 Å². The molecular weight excluding hydrogens is 452 g/mol. The number of benzene rings is 2. The van der Waals surface area contributed by atoms with Gasteiger partial charge < -0.3 is 5.32 Å². The summed E-state index contributed by atoms with van der Waals surface area (Å²) in [5.74, 6) is 0.725. The van der Waals surface area contributed by atoms with E-state index in [1.165, 1.54) is 23.1 Å². The van der Waals surface area contributed by atoms with E-state index < -0.39 is 0 Å². The number of carbonyl (C=O) groups is 1. The lowest BCUT2D eigenvalue weighted by molar-refractivity contribution is -0.113. The molecule has 7 nitrogen and oxygen atoms in total. The average molecular weight is 471 g/mol. The van der Waals surface area contributed by atoms with Gasteiger partial charge in [-0.25, -0.2) is 4.98 Å². The van der Waals surface area contributed by atoms with Crippen LogP contribution in [0.5, 0.6) is 0 Å². The van der Waals surface area contributed by atoms with E-state index in [-0.39, 0.29) is 11.7 Å². The van der Waals surface area contributed by atoms with Crippen molar-refractivity contribution in [3.05, 3.63) is 90.6 Å². The number of nitrogens with zero attached hydrogens (tertiary/aromatic N) is 5. The molecule has 9 heteroatoms. The maximum absolute atomic E-state index is 12.6. The summed E-state index contributed by atoms with van der Waals surface area (Å²) in [6.45, 7) is 0. The number of amides is 1. The van der Waals surface area contributed by atoms with Gasteiger partial charge in [0.05, 0.1) is 11.4 Å². The summed E-state index contributed by atoms with van der Waals surface area (Å²) in [4.78, 5) is 21.2. The fourth-order valence-corrected chi connectivity index (χ4v) is 4.71. The van der Waals surface area contributed by atoms with Gasteiger partial charge in [-0.1, -0.05) is 60.3 Å². The third-order valence-electron chi connectivity index (χ3n) is 4.74. The fraction of sp³-hybridized carbons (Fsp3) is 0.0417. The third kappa shape index (κ3) is 4.84. The number of pyridine rings is 1. The highest BCUT2D eigenvalue weighted by Gasteiger charge is 2.17. The summed E-state index contributed by atoms with van der Waals surface area (Å²) in [7, 11) is 0. The lowest BCUT2D eigenvalue weighted by Gasteiger charge is -2.10. The molecule has 0 atom stereocenters. The van der Waals surface area contributed by atoms with Crippen LogP contribution in [0.3, 0.4) is 0 Å². The molecule has 0 bridgehead atoms. The molecule has 0 aliphatic heterocycles. The zero-order valence-corrected chi connectivity index (χ0v) is 19.0. The molecule has 1 N–H and O–H groups in total. The van der Waals surface area contributed by atoms with Gasteiger partial charge in [0, 0.05) is 34.6 Å². The molecule has 0 aliphatic carbocycles. The van der Waals surface area contributed by atoms with Gasteiger partial charge >= 0.3 is 0 Å². The van der Waals surface area contributed by atoms with Crippen molar-refractivity contribution >= 4 is 34.1 Å². The van der Waals surface area contributed by atoms with Crippen LogP contribution in [0.1, 0.15) is 0 Å². The van der Waals surface area contributed by atoms with E-state index >= 15 is 0 Å². The third-order valence-corrected chi connectivity index (χ3v) is 6.43. The summed E-state index contributed by atoms with van der Waals surface area (Å²) >= 11 is 2.73. The molecule has 5 rings (SSSR count). The van der Waals surface area contributed by atoms with Crippen LogP contribution in [0.2, 0.25) is 0 Å². The minimum atomic E-state index is -0.151. The average Bonchev–Trinajstić information content (AvgIpc) is 3.52. The van der Waals surface area contributed by atoms with Crippen LogP contribution in [0.25, 0.3) is 28.3 Å². The Labute approximate surface area is 198 Å². The Kier molecular flexibility index (Phi) is 6.23. The van der Waals surface area contributed by atoms with Gasteiger partial charge in [-0.05, 0) is 24.3 Å². The van der Waals surface area contributed by atoms with Crippen LogP contribution in [-0.2, 0) is 4.79 Å². The normalized spacial score (nSPS) is 10.8. The van der Waals surface area contributed by atoms with Crippen LogP contribution in [-0.4, -0.2) is 36.4 Å². The predicted octanol–water partition coefficient (Wildman–Crippen LogP) is 5.18. The van der Waals surface area contributed by atoms with E-state index in [4.69, 9.17) is 0 Å². The smallest absolute Gasteiger partial charge is 0.236 e. The maximum Gasteiger partial charge on any atom is 0.236 e. The van der Waals surface area contributed by atoms with E-state index in [1.807, 2.05) is 82.7 Å². The monoisotopic (exact) mass is 470 g/mol. The Morgan fingerprint density at radius 1 is 0.909 bits per heavy atom. The second-order valence-corrected chi connectivity index (χ2v) is 8.75. The highest BCUT2D eigenvalue weighted by atomic mass is 32.2. The number of aromatic nitrogens is 5. The summed E-state index contributed by atoms with van der Waals surface area (Å²) in [5, 5.41) is 14.8. The molecule has 0 fully saturated rings. The first kappa shape index (κ1) is 21.0. The number of thioether (sulfide) groups is 1. The van der Waals surface area contributed by atoms with Gasteiger partial charge in [-0.2, -0.15) is 0 Å². The molecule has 0 spiro atoms. The van der Waals surface area contributed by atoms with Gasteiger partial charge in [-0.3, -0.25) is 14.3 Å². The summed E-state index contributed by atoms with van der Waals surface area (Å²) in [5.41, 5.74) is 3.68. The maximum atomic E-state index is 12.6. The topological polar surface area (TPSA) is 85.6 Å². The second-order valence-electron chi connectivity index (χ2n) is 6.95. The lowest BCUT2D eigenvalue weighted by Crippen LogP contribution is -2.14. The number of para-hydroxylation sites is 1. The zero-order valence-electron chi connectivity index (χ0n) is 17.3. The summed E-state index contributed by atoms with van der Waals surface area (Å²) in [6, 6.07) is 23.5. The van der Waals surface area contributed by atoms with Crippen LogP contribution in [0, 0.1) is 0 Å². The fourth-order valence-electron chi connectivity index (χ4n) is 3.22. The van der Waals surface area contributed by atoms with Crippen LogP contribution in [0.4, 0.5) is 5.13 Å². The minimum absolute atomic E-state index is 0.151. The molecule has 33 heavy (non-hydrogen) atoms. The Morgan fingerprint density at radius 2 is 1.64 bits per heavy atom. The van der Waals surface area contributed by atoms with Gasteiger partial charge in [0.1, 0.15) is 0 Å². The molecule has 0 saturated heterocycles. The van der Waals surface area contributed by atoms with Crippen molar-refractivity contribution in [3.63, 3.8) is 0 Å². The molecule has 3 heterocycles.